The van der Waals surface area contributed by atoms with E-state index in [0.717, 1.165) is 0 Å². The third-order valence-electron chi connectivity index (χ3n) is 2.48. The van der Waals surface area contributed by atoms with E-state index in [1.54, 1.807) is 47.9 Å². The van der Waals surface area contributed by atoms with Crippen molar-refractivity contribution in [3.63, 3.8) is 0 Å². The van der Waals surface area contributed by atoms with Crippen molar-refractivity contribution in [2.24, 2.45) is 10.7 Å². The van der Waals surface area contributed by atoms with Gasteiger partial charge in [-0.1, -0.05) is 11.5 Å². The van der Waals surface area contributed by atoms with Gasteiger partial charge in [-0.2, -0.15) is 0 Å². The van der Waals surface area contributed by atoms with E-state index in [0.29, 0.717) is 17.1 Å². The Kier molecular flexibility index (Phi) is 4.60. The lowest BCUT2D eigenvalue weighted by Crippen LogP contribution is -2.35. The van der Waals surface area contributed by atoms with Crippen molar-refractivity contribution in [1.82, 2.24) is 10.4 Å². The lowest BCUT2D eigenvalue weighted by Gasteiger charge is -2.04. The zero-order chi connectivity index (χ0) is 15.9. The molecule has 0 radical (unpaired) electrons. The molecule has 1 aromatic carbocycles. The Morgan fingerprint density at radius 2 is 1.95 bits per heavy atom. The number of aliphatic imine (C=N–C) groups is 1. The third kappa shape index (κ3) is 4.27. The zero-order valence-corrected chi connectivity index (χ0v) is 11.3. The van der Waals surface area contributed by atoms with Crippen molar-refractivity contribution in [3.05, 3.63) is 64.5 Å². The monoisotopic (exact) mass is 300 g/mol. The summed E-state index contributed by atoms with van der Waals surface area (Å²) >= 11 is 0. The van der Waals surface area contributed by atoms with E-state index >= 15 is 0 Å². The second-order valence-electron chi connectivity index (χ2n) is 4.08. The Labute approximate surface area is 125 Å². The molecule has 1 heterocycles. The van der Waals surface area contributed by atoms with Crippen LogP contribution in [-0.2, 0) is 0 Å². The SMILES string of the molecule is NC(=Nc1ccc(NC(=O)c2ccccn2)cc1)N[N+](=O)[O-]. The van der Waals surface area contributed by atoms with Gasteiger partial charge < -0.3 is 11.1 Å². The van der Waals surface area contributed by atoms with Crippen molar-refractivity contribution in [2.75, 3.05) is 5.32 Å². The molecular formula is C13H12N6O3. The van der Waals surface area contributed by atoms with Crippen LogP contribution in [0.2, 0.25) is 0 Å². The summed E-state index contributed by atoms with van der Waals surface area (Å²) < 4.78 is 0. The summed E-state index contributed by atoms with van der Waals surface area (Å²) in [6.07, 6.45) is 1.53. The number of carbonyl (C=O) groups excluding carboxylic acids is 1. The summed E-state index contributed by atoms with van der Waals surface area (Å²) in [5, 5.41) is 12.1. The number of anilines is 1. The van der Waals surface area contributed by atoms with Gasteiger partial charge in [0.1, 0.15) is 5.69 Å². The maximum Gasteiger partial charge on any atom is 0.274 e. The smallest absolute Gasteiger partial charge is 0.274 e. The van der Waals surface area contributed by atoms with Crippen LogP contribution in [0.1, 0.15) is 10.5 Å². The van der Waals surface area contributed by atoms with Crippen LogP contribution >= 0.6 is 0 Å². The summed E-state index contributed by atoms with van der Waals surface area (Å²) in [7, 11) is 0. The number of nitrogens with two attached hydrogens (primary N) is 1. The number of nitrogens with zero attached hydrogens (tertiary/aromatic N) is 3. The van der Waals surface area contributed by atoms with E-state index in [1.807, 2.05) is 0 Å². The van der Waals surface area contributed by atoms with Gasteiger partial charge >= 0.3 is 0 Å². The number of benzene rings is 1. The van der Waals surface area contributed by atoms with Crippen LogP contribution in [-0.4, -0.2) is 21.9 Å². The van der Waals surface area contributed by atoms with E-state index in [2.05, 4.69) is 15.3 Å². The first-order chi connectivity index (χ1) is 10.5. The molecule has 0 aliphatic heterocycles. The number of nitrogens with one attached hydrogen (secondary N) is 2. The molecule has 0 unspecified atom stereocenters. The number of amides is 1. The van der Waals surface area contributed by atoms with Gasteiger partial charge in [0.2, 0.25) is 0 Å². The summed E-state index contributed by atoms with van der Waals surface area (Å²) in [5.74, 6) is -0.679. The fraction of sp³-hybridized carbons (Fsp3) is 0. The molecule has 0 saturated carbocycles. The van der Waals surface area contributed by atoms with Crippen LogP contribution in [0.15, 0.2) is 53.7 Å². The minimum atomic E-state index is -0.805. The highest BCUT2D eigenvalue weighted by molar-refractivity contribution is 6.02. The molecule has 112 valence electrons. The van der Waals surface area contributed by atoms with Crippen molar-refractivity contribution in [1.29, 1.82) is 0 Å². The van der Waals surface area contributed by atoms with Gasteiger partial charge in [-0.3, -0.25) is 9.78 Å². The van der Waals surface area contributed by atoms with E-state index in [9.17, 15) is 14.9 Å². The fourth-order valence-corrected chi connectivity index (χ4v) is 1.57. The van der Waals surface area contributed by atoms with Gasteiger partial charge in [-0.25, -0.2) is 15.1 Å². The molecule has 0 atom stereocenters. The Morgan fingerprint density at radius 3 is 2.55 bits per heavy atom. The Balaban J connectivity index is 2.03. The van der Waals surface area contributed by atoms with Crippen LogP contribution in [0.4, 0.5) is 11.4 Å². The van der Waals surface area contributed by atoms with Gasteiger partial charge in [0.15, 0.2) is 5.03 Å². The molecule has 1 aromatic heterocycles. The van der Waals surface area contributed by atoms with Gasteiger partial charge in [0, 0.05) is 11.9 Å². The number of hydrogen-bond donors (Lipinski definition) is 3. The highest BCUT2D eigenvalue weighted by atomic mass is 16.7. The number of hydrazine groups is 1. The van der Waals surface area contributed by atoms with E-state index in [1.165, 1.54) is 6.20 Å². The zero-order valence-electron chi connectivity index (χ0n) is 11.3. The molecule has 9 heteroatoms. The summed E-state index contributed by atoms with van der Waals surface area (Å²) in [4.78, 5) is 29.8. The topological polar surface area (TPSA) is 136 Å². The molecule has 0 saturated heterocycles. The minimum absolute atomic E-state index is 0.295. The number of aromatic nitrogens is 1. The molecule has 4 N–H and O–H groups in total. The van der Waals surface area contributed by atoms with E-state index in [4.69, 9.17) is 5.73 Å². The lowest BCUT2D eigenvalue weighted by atomic mass is 10.2. The maximum absolute atomic E-state index is 11.9. The second kappa shape index (κ2) is 6.79. The molecule has 22 heavy (non-hydrogen) atoms. The van der Waals surface area contributed by atoms with Crippen molar-refractivity contribution in [2.45, 2.75) is 0 Å². The second-order valence-corrected chi connectivity index (χ2v) is 4.08. The van der Waals surface area contributed by atoms with E-state index in [-0.39, 0.29) is 11.9 Å². The Bertz CT molecular complexity index is 699. The molecule has 2 rings (SSSR count). The number of pyridine rings is 1. The first kappa shape index (κ1) is 14.9. The van der Waals surface area contributed by atoms with Crippen LogP contribution in [0.3, 0.4) is 0 Å². The van der Waals surface area contributed by atoms with Gasteiger partial charge in [-0.05, 0) is 36.4 Å². The minimum Gasteiger partial charge on any atom is -0.365 e. The highest BCUT2D eigenvalue weighted by Crippen LogP contribution is 2.16. The van der Waals surface area contributed by atoms with Crippen molar-refractivity contribution < 1.29 is 9.83 Å². The van der Waals surface area contributed by atoms with Crippen LogP contribution in [0.25, 0.3) is 0 Å². The molecular weight excluding hydrogens is 288 g/mol. The largest absolute Gasteiger partial charge is 0.365 e. The fourth-order valence-electron chi connectivity index (χ4n) is 1.57. The molecule has 0 aliphatic rings. The average molecular weight is 300 g/mol. The van der Waals surface area contributed by atoms with E-state index < -0.39 is 5.03 Å². The molecule has 9 nitrogen and oxygen atoms in total. The maximum atomic E-state index is 11.9. The summed E-state index contributed by atoms with van der Waals surface area (Å²) in [5.41, 5.74) is 8.29. The number of guanidine groups is 1. The van der Waals surface area contributed by atoms with Crippen LogP contribution < -0.4 is 16.5 Å². The number of nitro groups is 1. The van der Waals surface area contributed by atoms with Crippen LogP contribution in [0, 0.1) is 10.1 Å². The number of carbonyl (C=O) groups is 1. The van der Waals surface area contributed by atoms with Crippen LogP contribution in [0.5, 0.6) is 0 Å². The van der Waals surface area contributed by atoms with Gasteiger partial charge in [0.25, 0.3) is 11.9 Å². The number of rotatable bonds is 4. The average Bonchev–Trinajstić information content (AvgIpc) is 2.49. The Hall–Kier alpha value is -3.49. The highest BCUT2D eigenvalue weighted by Gasteiger charge is 2.06. The van der Waals surface area contributed by atoms with Crippen molar-refractivity contribution >= 4 is 23.2 Å². The quantitative estimate of drug-likeness (QED) is 0.334. The summed E-state index contributed by atoms with van der Waals surface area (Å²) in [6, 6.07) is 11.3. The molecule has 1 amide bonds. The standard InChI is InChI=1S/C13H12N6O3/c14-13(18-19(21)22)17-10-6-4-9(5-7-10)16-12(20)11-3-1-2-8-15-11/h1-8H,(H,16,20)(H3,14,17,18). The summed E-state index contributed by atoms with van der Waals surface area (Å²) in [6.45, 7) is 0. The van der Waals surface area contributed by atoms with Gasteiger partial charge in [-0.15, -0.1) is 0 Å². The molecule has 0 fully saturated rings. The van der Waals surface area contributed by atoms with Crippen molar-refractivity contribution in [3.8, 4) is 0 Å². The number of hydrogen-bond acceptors (Lipinski definition) is 5. The lowest BCUT2D eigenvalue weighted by molar-refractivity contribution is -0.525. The van der Waals surface area contributed by atoms with Gasteiger partial charge in [0.05, 0.1) is 5.69 Å². The molecule has 0 aliphatic carbocycles. The first-order valence-corrected chi connectivity index (χ1v) is 6.12. The molecule has 2 aromatic rings. The normalized spacial score (nSPS) is 10.8. The Morgan fingerprint density at radius 1 is 1.23 bits per heavy atom. The molecule has 0 bridgehead atoms. The molecule has 0 spiro atoms. The first-order valence-electron chi connectivity index (χ1n) is 6.12. The predicted molar refractivity (Wildman–Crippen MR) is 80.0 cm³/mol. The third-order valence-corrected chi connectivity index (χ3v) is 2.48. The predicted octanol–water partition coefficient (Wildman–Crippen LogP) is 1.06.